The molecule has 0 bridgehead atoms. The zero-order valence-corrected chi connectivity index (χ0v) is 17.2. The summed E-state index contributed by atoms with van der Waals surface area (Å²) in [5.41, 5.74) is 4.96. The zero-order valence-electron chi connectivity index (χ0n) is 15.6. The van der Waals surface area contributed by atoms with Crippen LogP contribution in [0.5, 0.6) is 5.75 Å². The van der Waals surface area contributed by atoms with E-state index in [0.29, 0.717) is 6.61 Å². The Hall–Kier alpha value is -2.56. The first-order chi connectivity index (χ1) is 13.8. The molecule has 4 aromatic rings. The SMILES string of the molecule is Brc1cc(CNCCc2c[nH]c3ccccc23)ccc1OCc1ccccc1. The van der Waals surface area contributed by atoms with Gasteiger partial charge < -0.3 is 15.0 Å². The van der Waals surface area contributed by atoms with Gasteiger partial charge in [0.25, 0.3) is 0 Å². The van der Waals surface area contributed by atoms with Crippen molar-refractivity contribution in [3.05, 3.63) is 100 Å². The maximum absolute atomic E-state index is 5.92. The van der Waals surface area contributed by atoms with E-state index in [9.17, 15) is 0 Å². The van der Waals surface area contributed by atoms with Crippen LogP contribution in [0.1, 0.15) is 16.7 Å². The summed E-state index contributed by atoms with van der Waals surface area (Å²) in [6.45, 7) is 2.34. The minimum Gasteiger partial charge on any atom is -0.488 e. The zero-order chi connectivity index (χ0) is 19.2. The van der Waals surface area contributed by atoms with Gasteiger partial charge in [-0.25, -0.2) is 0 Å². The van der Waals surface area contributed by atoms with E-state index in [2.05, 4.69) is 81.0 Å². The van der Waals surface area contributed by atoms with Crippen LogP contribution in [-0.4, -0.2) is 11.5 Å². The van der Waals surface area contributed by atoms with Crippen LogP contribution in [0.25, 0.3) is 10.9 Å². The maximum Gasteiger partial charge on any atom is 0.134 e. The normalized spacial score (nSPS) is 11.0. The van der Waals surface area contributed by atoms with Crippen LogP contribution in [-0.2, 0) is 19.6 Å². The predicted molar refractivity (Wildman–Crippen MR) is 119 cm³/mol. The van der Waals surface area contributed by atoms with E-state index >= 15 is 0 Å². The molecular formula is C24H23BrN2O. The first-order valence-electron chi connectivity index (χ1n) is 9.50. The Morgan fingerprint density at radius 1 is 0.893 bits per heavy atom. The fourth-order valence-corrected chi connectivity index (χ4v) is 3.84. The van der Waals surface area contributed by atoms with E-state index in [1.54, 1.807) is 0 Å². The van der Waals surface area contributed by atoms with E-state index in [4.69, 9.17) is 4.74 Å². The minimum absolute atomic E-state index is 0.571. The van der Waals surface area contributed by atoms with E-state index in [-0.39, 0.29) is 0 Å². The second-order valence-electron chi connectivity index (χ2n) is 6.83. The van der Waals surface area contributed by atoms with Crippen molar-refractivity contribution >= 4 is 26.8 Å². The molecule has 1 heterocycles. The van der Waals surface area contributed by atoms with E-state index < -0.39 is 0 Å². The number of fused-ring (bicyclic) bond motifs is 1. The first kappa shape index (κ1) is 18.8. The average molecular weight is 435 g/mol. The monoisotopic (exact) mass is 434 g/mol. The van der Waals surface area contributed by atoms with E-state index in [1.807, 2.05) is 24.3 Å². The molecule has 0 fully saturated rings. The number of rotatable bonds is 8. The van der Waals surface area contributed by atoms with Crippen molar-refractivity contribution in [1.82, 2.24) is 10.3 Å². The Bertz CT molecular complexity index is 1040. The van der Waals surface area contributed by atoms with Gasteiger partial charge in [0.1, 0.15) is 12.4 Å². The molecule has 0 aliphatic heterocycles. The highest BCUT2D eigenvalue weighted by Gasteiger charge is 2.05. The number of aromatic nitrogens is 1. The van der Waals surface area contributed by atoms with Crippen LogP contribution in [0.3, 0.4) is 0 Å². The van der Waals surface area contributed by atoms with Crippen LogP contribution >= 0.6 is 15.9 Å². The molecule has 3 nitrogen and oxygen atoms in total. The lowest BCUT2D eigenvalue weighted by Crippen LogP contribution is -2.16. The lowest BCUT2D eigenvalue weighted by atomic mass is 10.1. The molecule has 0 unspecified atom stereocenters. The van der Waals surface area contributed by atoms with Gasteiger partial charge in [-0.3, -0.25) is 0 Å². The largest absolute Gasteiger partial charge is 0.488 e. The number of aromatic amines is 1. The lowest BCUT2D eigenvalue weighted by Gasteiger charge is -2.10. The summed E-state index contributed by atoms with van der Waals surface area (Å²) in [7, 11) is 0. The van der Waals surface area contributed by atoms with Crippen LogP contribution in [0.2, 0.25) is 0 Å². The number of H-pyrrole nitrogens is 1. The van der Waals surface area contributed by atoms with E-state index in [1.165, 1.54) is 22.0 Å². The molecule has 0 amide bonds. The van der Waals surface area contributed by atoms with Gasteiger partial charge in [0.15, 0.2) is 0 Å². The predicted octanol–water partition coefficient (Wildman–Crippen LogP) is 5.84. The minimum atomic E-state index is 0.571. The molecule has 0 spiro atoms. The number of benzene rings is 3. The van der Waals surface area contributed by atoms with Gasteiger partial charge in [0, 0.05) is 23.6 Å². The Morgan fingerprint density at radius 3 is 2.57 bits per heavy atom. The molecule has 1 aromatic heterocycles. The quantitative estimate of drug-likeness (QED) is 0.341. The molecule has 0 saturated heterocycles. The number of ether oxygens (including phenoxy) is 1. The Balaban J connectivity index is 1.27. The summed E-state index contributed by atoms with van der Waals surface area (Å²) in [5.74, 6) is 0.867. The van der Waals surface area contributed by atoms with Crippen molar-refractivity contribution in [2.45, 2.75) is 19.6 Å². The van der Waals surface area contributed by atoms with Crippen LogP contribution in [0.15, 0.2) is 83.5 Å². The molecule has 0 aliphatic rings. The Labute approximate surface area is 173 Å². The summed E-state index contributed by atoms with van der Waals surface area (Å²) in [5, 5.41) is 4.85. The molecular weight excluding hydrogens is 412 g/mol. The molecule has 4 heteroatoms. The molecule has 142 valence electrons. The highest BCUT2D eigenvalue weighted by atomic mass is 79.9. The van der Waals surface area contributed by atoms with Gasteiger partial charge in [-0.15, -0.1) is 0 Å². The highest BCUT2D eigenvalue weighted by Crippen LogP contribution is 2.27. The summed E-state index contributed by atoms with van der Waals surface area (Å²) in [4.78, 5) is 3.34. The van der Waals surface area contributed by atoms with Gasteiger partial charge in [0.05, 0.1) is 4.47 Å². The average Bonchev–Trinajstić information content (AvgIpc) is 3.14. The van der Waals surface area contributed by atoms with Crippen molar-refractivity contribution < 1.29 is 4.74 Å². The second-order valence-corrected chi connectivity index (χ2v) is 7.68. The first-order valence-corrected chi connectivity index (χ1v) is 10.3. The molecule has 28 heavy (non-hydrogen) atoms. The number of hydrogen-bond donors (Lipinski definition) is 2. The number of halogens is 1. The molecule has 0 atom stereocenters. The lowest BCUT2D eigenvalue weighted by molar-refractivity contribution is 0.304. The van der Waals surface area contributed by atoms with Crippen molar-refractivity contribution in [2.75, 3.05) is 6.54 Å². The number of para-hydroxylation sites is 1. The van der Waals surface area contributed by atoms with Crippen molar-refractivity contribution in [3.63, 3.8) is 0 Å². The fraction of sp³-hybridized carbons (Fsp3) is 0.167. The Morgan fingerprint density at radius 2 is 1.71 bits per heavy atom. The molecule has 2 N–H and O–H groups in total. The molecule has 0 radical (unpaired) electrons. The Kier molecular flexibility index (Phi) is 6.10. The molecule has 3 aromatic carbocycles. The number of nitrogens with one attached hydrogen (secondary N) is 2. The summed E-state index contributed by atoms with van der Waals surface area (Å²) >= 11 is 3.63. The topological polar surface area (TPSA) is 37.0 Å². The molecule has 0 saturated carbocycles. The van der Waals surface area contributed by atoms with Gasteiger partial charge in [-0.05, 0) is 63.8 Å². The molecule has 0 aliphatic carbocycles. The van der Waals surface area contributed by atoms with Gasteiger partial charge in [0.2, 0.25) is 0 Å². The maximum atomic E-state index is 5.92. The van der Waals surface area contributed by atoms with Crippen molar-refractivity contribution in [3.8, 4) is 5.75 Å². The molecule has 4 rings (SSSR count). The number of hydrogen-bond acceptors (Lipinski definition) is 2. The van der Waals surface area contributed by atoms with Gasteiger partial charge in [-0.1, -0.05) is 54.6 Å². The second kappa shape index (κ2) is 9.09. The van der Waals surface area contributed by atoms with Crippen molar-refractivity contribution in [1.29, 1.82) is 0 Å². The standard InChI is InChI=1S/C24H23BrN2O/c25-22-14-19(10-11-24(22)28-17-18-6-2-1-3-7-18)15-26-13-12-20-16-27-23-9-5-4-8-21(20)23/h1-11,14,16,26-27H,12-13,15,17H2. The van der Waals surface area contributed by atoms with E-state index in [0.717, 1.165) is 35.3 Å². The van der Waals surface area contributed by atoms with Crippen LogP contribution in [0, 0.1) is 0 Å². The summed E-state index contributed by atoms with van der Waals surface area (Å²) in [6, 6.07) is 24.9. The third-order valence-corrected chi connectivity index (χ3v) is 5.43. The van der Waals surface area contributed by atoms with Crippen molar-refractivity contribution in [2.24, 2.45) is 0 Å². The van der Waals surface area contributed by atoms with Crippen LogP contribution in [0.4, 0.5) is 0 Å². The van der Waals surface area contributed by atoms with Crippen LogP contribution < -0.4 is 10.1 Å². The third-order valence-electron chi connectivity index (χ3n) is 4.81. The third kappa shape index (κ3) is 4.64. The summed E-state index contributed by atoms with van der Waals surface area (Å²) < 4.78 is 6.91. The highest BCUT2D eigenvalue weighted by molar-refractivity contribution is 9.10. The van der Waals surface area contributed by atoms with Gasteiger partial charge in [-0.2, -0.15) is 0 Å². The summed E-state index contributed by atoms with van der Waals surface area (Å²) in [6.07, 6.45) is 3.12. The van der Waals surface area contributed by atoms with Gasteiger partial charge >= 0.3 is 0 Å². The fourth-order valence-electron chi connectivity index (χ4n) is 3.30. The smallest absolute Gasteiger partial charge is 0.134 e.